The van der Waals surface area contributed by atoms with Crippen molar-refractivity contribution in [1.29, 1.82) is 0 Å². The highest BCUT2D eigenvalue weighted by Gasteiger charge is 2.22. The minimum atomic E-state index is 0.841. The van der Waals surface area contributed by atoms with Crippen LogP contribution in [0.3, 0.4) is 0 Å². The van der Waals surface area contributed by atoms with Gasteiger partial charge in [0.15, 0.2) is 0 Å². The standard InChI is InChI=1S/C52H34N2OS/c1-3-14-39(15-4-1)53(40-16-5-2-6-17-40)42-29-31-46-49(33-42)55-48-20-11-19-47(52(46)48)54(43-28-30-45-44-18-9-10-21-50(44)56-51(45)34-43)41-26-24-36(25-27-41)38-23-22-35-12-7-8-13-37(35)32-38/h1-34H. The van der Waals surface area contributed by atoms with Gasteiger partial charge in [-0.2, -0.15) is 0 Å². The third kappa shape index (κ3) is 5.50. The molecule has 3 nitrogen and oxygen atoms in total. The van der Waals surface area contributed by atoms with E-state index in [1.165, 1.54) is 42.1 Å². The van der Waals surface area contributed by atoms with Crippen LogP contribution in [0.15, 0.2) is 211 Å². The molecule has 0 spiro atoms. The second kappa shape index (κ2) is 13.3. The van der Waals surface area contributed by atoms with E-state index in [1.54, 1.807) is 0 Å². The van der Waals surface area contributed by atoms with Gasteiger partial charge in [-0.3, -0.25) is 0 Å². The average molecular weight is 735 g/mol. The summed E-state index contributed by atoms with van der Waals surface area (Å²) in [4.78, 5) is 4.66. The minimum absolute atomic E-state index is 0.841. The third-order valence-electron chi connectivity index (χ3n) is 10.8. The maximum Gasteiger partial charge on any atom is 0.137 e. The van der Waals surface area contributed by atoms with E-state index in [2.05, 4.69) is 216 Å². The smallest absolute Gasteiger partial charge is 0.137 e. The number of hydrogen-bond acceptors (Lipinski definition) is 4. The van der Waals surface area contributed by atoms with E-state index >= 15 is 0 Å². The van der Waals surface area contributed by atoms with Gasteiger partial charge < -0.3 is 14.2 Å². The number of furan rings is 1. The van der Waals surface area contributed by atoms with E-state index in [-0.39, 0.29) is 0 Å². The first kappa shape index (κ1) is 32.3. The molecule has 56 heavy (non-hydrogen) atoms. The molecular formula is C52H34N2OS. The van der Waals surface area contributed by atoms with Gasteiger partial charge in [-0.25, -0.2) is 0 Å². The topological polar surface area (TPSA) is 19.6 Å². The number of anilines is 6. The molecule has 9 aromatic carbocycles. The van der Waals surface area contributed by atoms with Gasteiger partial charge in [-0.05, 0) is 107 Å². The Morgan fingerprint density at radius 3 is 1.73 bits per heavy atom. The Balaban J connectivity index is 1.08. The monoisotopic (exact) mass is 734 g/mol. The fourth-order valence-corrected chi connectivity index (χ4v) is 9.31. The molecule has 2 heterocycles. The van der Waals surface area contributed by atoms with Gasteiger partial charge in [-0.15, -0.1) is 11.3 Å². The molecular weight excluding hydrogens is 701 g/mol. The van der Waals surface area contributed by atoms with Gasteiger partial charge in [0.25, 0.3) is 0 Å². The second-order valence-electron chi connectivity index (χ2n) is 14.2. The van der Waals surface area contributed by atoms with E-state index in [0.717, 1.165) is 56.1 Å². The summed E-state index contributed by atoms with van der Waals surface area (Å²) in [7, 11) is 0. The number of rotatable bonds is 7. The quantitative estimate of drug-likeness (QED) is 0.163. The first-order chi connectivity index (χ1) is 27.7. The average Bonchev–Trinajstić information content (AvgIpc) is 3.83. The van der Waals surface area contributed by atoms with Crippen molar-refractivity contribution < 1.29 is 4.42 Å². The summed E-state index contributed by atoms with van der Waals surface area (Å²) < 4.78 is 9.31. The van der Waals surface area contributed by atoms with E-state index in [0.29, 0.717) is 0 Å². The molecule has 0 N–H and O–H groups in total. The fraction of sp³-hybridized carbons (Fsp3) is 0. The van der Waals surface area contributed by atoms with Gasteiger partial charge >= 0.3 is 0 Å². The van der Waals surface area contributed by atoms with Crippen LogP contribution in [0.25, 0.3) is 64.0 Å². The predicted molar refractivity (Wildman–Crippen MR) is 239 cm³/mol. The van der Waals surface area contributed by atoms with Crippen molar-refractivity contribution in [2.24, 2.45) is 0 Å². The van der Waals surface area contributed by atoms with Crippen LogP contribution in [-0.2, 0) is 0 Å². The molecule has 2 aromatic heterocycles. The van der Waals surface area contributed by atoms with Crippen LogP contribution < -0.4 is 9.80 Å². The Bertz CT molecular complexity index is 3160. The number of para-hydroxylation sites is 2. The molecule has 11 aromatic rings. The van der Waals surface area contributed by atoms with Crippen LogP contribution in [-0.4, -0.2) is 0 Å². The molecule has 264 valence electrons. The fourth-order valence-electron chi connectivity index (χ4n) is 8.18. The van der Waals surface area contributed by atoms with E-state index in [1.807, 2.05) is 11.3 Å². The summed E-state index contributed by atoms with van der Waals surface area (Å²) in [5, 5.41) is 7.21. The van der Waals surface area contributed by atoms with Crippen molar-refractivity contribution in [3.63, 3.8) is 0 Å². The lowest BCUT2D eigenvalue weighted by Gasteiger charge is -2.27. The highest BCUT2D eigenvalue weighted by Crippen LogP contribution is 2.46. The molecule has 0 amide bonds. The number of benzene rings is 9. The molecule has 0 bridgehead atoms. The summed E-state index contributed by atoms with van der Waals surface area (Å²) in [6, 6.07) is 73.8. The highest BCUT2D eigenvalue weighted by atomic mass is 32.1. The molecule has 0 saturated heterocycles. The normalized spacial score (nSPS) is 11.6. The summed E-state index contributed by atoms with van der Waals surface area (Å²) in [5.41, 5.74) is 10.5. The first-order valence-corrected chi connectivity index (χ1v) is 19.7. The molecule has 11 rings (SSSR count). The molecule has 0 unspecified atom stereocenters. The largest absolute Gasteiger partial charge is 0.456 e. The second-order valence-corrected chi connectivity index (χ2v) is 15.2. The van der Waals surface area contributed by atoms with Crippen molar-refractivity contribution in [1.82, 2.24) is 0 Å². The van der Waals surface area contributed by atoms with Gasteiger partial charge in [0.1, 0.15) is 11.2 Å². The zero-order valence-electron chi connectivity index (χ0n) is 30.3. The number of fused-ring (bicyclic) bond motifs is 7. The van der Waals surface area contributed by atoms with Crippen molar-refractivity contribution in [3.8, 4) is 11.1 Å². The first-order valence-electron chi connectivity index (χ1n) is 18.9. The summed E-state index contributed by atoms with van der Waals surface area (Å²) >= 11 is 1.84. The maximum atomic E-state index is 6.75. The van der Waals surface area contributed by atoms with Gasteiger partial charge in [-0.1, -0.05) is 115 Å². The Hall–Kier alpha value is -7.14. The molecule has 0 atom stereocenters. The van der Waals surface area contributed by atoms with Crippen LogP contribution in [0.4, 0.5) is 34.1 Å². The molecule has 4 heteroatoms. The molecule has 0 aliphatic rings. The van der Waals surface area contributed by atoms with Crippen LogP contribution in [0.1, 0.15) is 0 Å². The van der Waals surface area contributed by atoms with Crippen molar-refractivity contribution in [2.45, 2.75) is 0 Å². The molecule has 0 aliphatic heterocycles. The lowest BCUT2D eigenvalue weighted by Crippen LogP contribution is -2.10. The van der Waals surface area contributed by atoms with Crippen LogP contribution in [0.2, 0.25) is 0 Å². The zero-order valence-corrected chi connectivity index (χ0v) is 31.2. The number of nitrogens with zero attached hydrogens (tertiary/aromatic N) is 2. The minimum Gasteiger partial charge on any atom is -0.456 e. The Morgan fingerprint density at radius 2 is 0.946 bits per heavy atom. The van der Waals surface area contributed by atoms with Crippen molar-refractivity contribution in [2.75, 3.05) is 9.80 Å². The van der Waals surface area contributed by atoms with Crippen molar-refractivity contribution >= 4 is 98.3 Å². The summed E-state index contributed by atoms with van der Waals surface area (Å²) in [6.45, 7) is 0. The Morgan fingerprint density at radius 1 is 0.339 bits per heavy atom. The molecule has 0 saturated carbocycles. The van der Waals surface area contributed by atoms with Crippen LogP contribution in [0.5, 0.6) is 0 Å². The zero-order chi connectivity index (χ0) is 37.0. The van der Waals surface area contributed by atoms with Gasteiger partial charge in [0, 0.05) is 60.1 Å². The van der Waals surface area contributed by atoms with E-state index in [9.17, 15) is 0 Å². The van der Waals surface area contributed by atoms with Crippen molar-refractivity contribution in [3.05, 3.63) is 206 Å². The van der Waals surface area contributed by atoms with Gasteiger partial charge in [0.2, 0.25) is 0 Å². The predicted octanol–water partition coefficient (Wildman–Crippen LogP) is 15.7. The van der Waals surface area contributed by atoms with Gasteiger partial charge in [0.05, 0.1) is 11.1 Å². The Labute approximate surface area is 328 Å². The van der Waals surface area contributed by atoms with Crippen LogP contribution >= 0.6 is 11.3 Å². The lowest BCUT2D eigenvalue weighted by molar-refractivity contribution is 0.669. The van der Waals surface area contributed by atoms with E-state index < -0.39 is 0 Å². The Kier molecular flexibility index (Phi) is 7.68. The van der Waals surface area contributed by atoms with Crippen LogP contribution in [0, 0.1) is 0 Å². The summed E-state index contributed by atoms with van der Waals surface area (Å²) in [6.07, 6.45) is 0. The molecule has 0 radical (unpaired) electrons. The highest BCUT2D eigenvalue weighted by molar-refractivity contribution is 7.25. The maximum absolute atomic E-state index is 6.75. The number of hydrogen-bond donors (Lipinski definition) is 0. The summed E-state index contributed by atoms with van der Waals surface area (Å²) in [5.74, 6) is 0. The molecule has 0 aliphatic carbocycles. The third-order valence-corrected chi connectivity index (χ3v) is 11.9. The number of thiophene rings is 1. The lowest BCUT2D eigenvalue weighted by atomic mass is 10.0. The van der Waals surface area contributed by atoms with E-state index in [4.69, 9.17) is 4.42 Å². The molecule has 0 fully saturated rings. The SMILES string of the molecule is c1ccc(N(c2ccccc2)c2ccc3c(c2)oc2cccc(N(c4ccc(-c5ccc6ccccc6c5)cc4)c4ccc5c(c4)sc4ccccc45)c23)cc1.